The van der Waals surface area contributed by atoms with Crippen molar-refractivity contribution in [1.29, 1.82) is 0 Å². The van der Waals surface area contributed by atoms with Gasteiger partial charge in [-0.1, -0.05) is 18.2 Å². The van der Waals surface area contributed by atoms with Crippen LogP contribution in [0.4, 0.5) is 0 Å². The van der Waals surface area contributed by atoms with Crippen molar-refractivity contribution >= 4 is 0 Å². The third-order valence-electron chi connectivity index (χ3n) is 1.98. The van der Waals surface area contributed by atoms with Crippen LogP contribution in [0.5, 0.6) is 0 Å². The first kappa shape index (κ1) is 6.60. The summed E-state index contributed by atoms with van der Waals surface area (Å²) in [6.45, 7) is 7.67. The molecule has 0 bridgehead atoms. The molecule has 0 spiro atoms. The summed E-state index contributed by atoms with van der Waals surface area (Å²) in [4.78, 5) is 0. The summed E-state index contributed by atoms with van der Waals surface area (Å²) in [7, 11) is 0. The van der Waals surface area contributed by atoms with Gasteiger partial charge in [0.25, 0.3) is 0 Å². The van der Waals surface area contributed by atoms with Gasteiger partial charge in [0.2, 0.25) is 0 Å². The van der Waals surface area contributed by atoms with Crippen molar-refractivity contribution in [3.8, 4) is 0 Å². The maximum absolute atomic E-state index is 3.95. The van der Waals surface area contributed by atoms with Crippen LogP contribution in [0.25, 0.3) is 0 Å². The largest absolute Gasteiger partial charge is 0.103 e. The second kappa shape index (κ2) is 2.86. The number of hydrogen-bond acceptors (Lipinski definition) is 0. The number of hydrogen-bond donors (Lipinski definition) is 0. The molecule has 0 saturated heterocycles. The Morgan fingerprint density at radius 3 is 2.89 bits per heavy atom. The molecule has 0 heterocycles. The highest BCUT2D eigenvalue weighted by molar-refractivity contribution is 5.02. The fourth-order valence-electron chi connectivity index (χ4n) is 1.46. The average Bonchev–Trinajstić information content (AvgIpc) is 2.17. The molecule has 1 aliphatic rings. The molecule has 50 valence electrons. The minimum atomic E-state index is 0.870. The van der Waals surface area contributed by atoms with E-state index in [2.05, 4.69) is 13.2 Å². The zero-order valence-corrected chi connectivity index (χ0v) is 5.90. The van der Waals surface area contributed by atoms with E-state index in [4.69, 9.17) is 0 Å². The van der Waals surface area contributed by atoms with E-state index in [0.29, 0.717) is 0 Å². The van der Waals surface area contributed by atoms with Crippen LogP contribution in [0.2, 0.25) is 0 Å². The third-order valence-corrected chi connectivity index (χ3v) is 1.98. The Morgan fingerprint density at radius 1 is 1.67 bits per heavy atom. The van der Waals surface area contributed by atoms with Crippen LogP contribution in [0.3, 0.4) is 0 Å². The van der Waals surface area contributed by atoms with Gasteiger partial charge >= 0.3 is 0 Å². The lowest BCUT2D eigenvalue weighted by Crippen LogP contribution is -1.88. The lowest BCUT2D eigenvalue weighted by Gasteiger charge is -2.01. The zero-order chi connectivity index (χ0) is 6.69. The quantitative estimate of drug-likeness (QED) is 0.494. The van der Waals surface area contributed by atoms with E-state index in [1.54, 1.807) is 0 Å². The summed E-state index contributed by atoms with van der Waals surface area (Å²) >= 11 is 0. The Kier molecular flexibility index (Phi) is 2.10. The predicted molar refractivity (Wildman–Crippen MR) is 41.3 cm³/mol. The summed E-state index contributed by atoms with van der Waals surface area (Å²) < 4.78 is 0. The molecule has 1 atom stereocenters. The van der Waals surface area contributed by atoms with E-state index in [-0.39, 0.29) is 0 Å². The van der Waals surface area contributed by atoms with Gasteiger partial charge in [-0.2, -0.15) is 0 Å². The molecule has 0 radical (unpaired) electrons. The maximum Gasteiger partial charge on any atom is -0.0291 e. The van der Waals surface area contributed by atoms with Crippen LogP contribution < -0.4 is 0 Å². The fraction of sp³-hybridized carbons (Fsp3) is 0.556. The summed E-state index contributed by atoms with van der Waals surface area (Å²) in [5, 5.41) is 0. The van der Waals surface area contributed by atoms with Crippen LogP contribution in [-0.4, -0.2) is 0 Å². The summed E-state index contributed by atoms with van der Waals surface area (Å²) in [6.07, 6.45) is 7.03. The second-order valence-electron chi connectivity index (χ2n) is 2.88. The van der Waals surface area contributed by atoms with Crippen LogP contribution >= 0.6 is 0 Å². The SMILES string of the molecule is C=CCC1CCC(=C)C1. The average molecular weight is 122 g/mol. The molecule has 0 aliphatic heterocycles. The maximum atomic E-state index is 3.95. The molecule has 1 aliphatic carbocycles. The van der Waals surface area contributed by atoms with Crippen molar-refractivity contribution in [2.45, 2.75) is 25.7 Å². The van der Waals surface area contributed by atoms with Crippen molar-refractivity contribution in [3.63, 3.8) is 0 Å². The monoisotopic (exact) mass is 122 g/mol. The fourth-order valence-corrected chi connectivity index (χ4v) is 1.46. The standard InChI is InChI=1S/C9H14/c1-3-4-9-6-5-8(2)7-9/h3,9H,1-2,4-7H2. The smallest absolute Gasteiger partial charge is 0.0291 e. The molecule has 0 heteroatoms. The van der Waals surface area contributed by atoms with E-state index in [0.717, 1.165) is 5.92 Å². The molecule has 9 heavy (non-hydrogen) atoms. The van der Waals surface area contributed by atoms with Gasteiger partial charge in [0.05, 0.1) is 0 Å². The van der Waals surface area contributed by atoms with E-state index in [9.17, 15) is 0 Å². The first-order valence-electron chi connectivity index (χ1n) is 3.60. The summed E-state index contributed by atoms with van der Waals surface area (Å²) in [5.74, 6) is 0.870. The Hall–Kier alpha value is -0.520. The van der Waals surface area contributed by atoms with E-state index in [1.807, 2.05) is 6.08 Å². The molecule has 1 fully saturated rings. The molecule has 0 aromatic carbocycles. The Balaban J connectivity index is 2.29. The van der Waals surface area contributed by atoms with Crippen LogP contribution in [0, 0.1) is 5.92 Å². The van der Waals surface area contributed by atoms with Gasteiger partial charge in [0, 0.05) is 0 Å². The zero-order valence-electron chi connectivity index (χ0n) is 5.90. The Labute approximate surface area is 57.3 Å². The molecule has 0 aromatic rings. The van der Waals surface area contributed by atoms with Crippen LogP contribution in [0.1, 0.15) is 25.7 Å². The number of allylic oxidation sites excluding steroid dienone is 2. The molecule has 1 rings (SSSR count). The highest BCUT2D eigenvalue weighted by Gasteiger charge is 2.15. The van der Waals surface area contributed by atoms with Crippen LogP contribution in [-0.2, 0) is 0 Å². The topological polar surface area (TPSA) is 0 Å². The molecule has 1 unspecified atom stereocenters. The Morgan fingerprint density at radius 2 is 2.44 bits per heavy atom. The van der Waals surface area contributed by atoms with Gasteiger partial charge in [0.1, 0.15) is 0 Å². The van der Waals surface area contributed by atoms with Gasteiger partial charge in [-0.15, -0.1) is 6.58 Å². The highest BCUT2D eigenvalue weighted by atomic mass is 14.2. The van der Waals surface area contributed by atoms with Crippen molar-refractivity contribution in [1.82, 2.24) is 0 Å². The van der Waals surface area contributed by atoms with Gasteiger partial charge in [-0.25, -0.2) is 0 Å². The summed E-state index contributed by atoms with van der Waals surface area (Å²) in [5.41, 5.74) is 1.43. The first-order valence-corrected chi connectivity index (χ1v) is 3.60. The van der Waals surface area contributed by atoms with E-state index in [1.165, 1.54) is 31.3 Å². The first-order chi connectivity index (χ1) is 4.33. The predicted octanol–water partition coefficient (Wildman–Crippen LogP) is 2.92. The van der Waals surface area contributed by atoms with Crippen molar-refractivity contribution in [3.05, 3.63) is 24.8 Å². The van der Waals surface area contributed by atoms with Gasteiger partial charge in [-0.3, -0.25) is 0 Å². The molecule has 0 aromatic heterocycles. The molecular formula is C9H14. The lowest BCUT2D eigenvalue weighted by atomic mass is 10.0. The molecule has 0 amide bonds. The molecule has 1 saturated carbocycles. The minimum Gasteiger partial charge on any atom is -0.103 e. The summed E-state index contributed by atoms with van der Waals surface area (Å²) in [6, 6.07) is 0. The van der Waals surface area contributed by atoms with Gasteiger partial charge < -0.3 is 0 Å². The van der Waals surface area contributed by atoms with E-state index < -0.39 is 0 Å². The van der Waals surface area contributed by atoms with Gasteiger partial charge in [-0.05, 0) is 31.6 Å². The lowest BCUT2D eigenvalue weighted by molar-refractivity contribution is 0.566. The second-order valence-corrected chi connectivity index (χ2v) is 2.88. The van der Waals surface area contributed by atoms with Crippen molar-refractivity contribution < 1.29 is 0 Å². The van der Waals surface area contributed by atoms with Crippen molar-refractivity contribution in [2.75, 3.05) is 0 Å². The van der Waals surface area contributed by atoms with E-state index >= 15 is 0 Å². The molecule has 0 nitrogen and oxygen atoms in total. The normalized spacial score (nSPS) is 26.7. The van der Waals surface area contributed by atoms with Crippen molar-refractivity contribution in [2.24, 2.45) is 5.92 Å². The Bertz CT molecular complexity index is 122. The third kappa shape index (κ3) is 1.70. The molecular weight excluding hydrogens is 108 g/mol. The van der Waals surface area contributed by atoms with Gasteiger partial charge in [0.15, 0.2) is 0 Å². The van der Waals surface area contributed by atoms with Crippen LogP contribution in [0.15, 0.2) is 24.8 Å². The minimum absolute atomic E-state index is 0.870. The molecule has 0 N–H and O–H groups in total. The number of rotatable bonds is 2. The highest BCUT2D eigenvalue weighted by Crippen LogP contribution is 2.30.